The van der Waals surface area contributed by atoms with Gasteiger partial charge in [0.2, 0.25) is 0 Å². The fraction of sp³-hybridized carbons (Fsp3) is 0.286. The Kier molecular flexibility index (Phi) is 4.97. The number of aryl methyl sites for hydroxylation is 2. The molecule has 0 aromatic carbocycles. The van der Waals surface area contributed by atoms with E-state index in [1.165, 1.54) is 33.4 Å². The molecule has 0 saturated heterocycles. The quantitative estimate of drug-likeness (QED) is 0.402. The van der Waals surface area contributed by atoms with Crippen molar-refractivity contribution in [2.45, 2.75) is 40.5 Å². The first-order chi connectivity index (χ1) is 10.4. The van der Waals surface area contributed by atoms with Gasteiger partial charge in [-0.1, -0.05) is 50.3 Å². The lowest BCUT2D eigenvalue weighted by molar-refractivity contribution is -0.104. The van der Waals surface area contributed by atoms with Gasteiger partial charge in [0.25, 0.3) is 0 Å². The number of hydrogen-bond donors (Lipinski definition) is 0. The molecule has 0 unspecified atom stereocenters. The molecule has 0 atom stereocenters. The largest absolute Gasteiger partial charge is 0.299 e. The molecule has 2 rings (SSSR count). The van der Waals surface area contributed by atoms with Crippen LogP contribution in [0.15, 0.2) is 42.0 Å². The normalized spacial score (nSPS) is 12.5. The van der Waals surface area contributed by atoms with Crippen LogP contribution in [0.5, 0.6) is 0 Å². The Labute approximate surface area is 133 Å². The number of hydrogen-bond acceptors (Lipinski definition) is 1. The Morgan fingerprint density at radius 3 is 2.45 bits per heavy atom. The zero-order chi connectivity index (χ0) is 16.3. The summed E-state index contributed by atoms with van der Waals surface area (Å²) in [4.78, 5) is 10.5. The van der Waals surface area contributed by atoms with E-state index in [1.807, 2.05) is 13.0 Å². The minimum atomic E-state index is 0.515. The molecule has 0 amide bonds. The summed E-state index contributed by atoms with van der Waals surface area (Å²) >= 11 is 0. The van der Waals surface area contributed by atoms with Gasteiger partial charge in [-0.2, -0.15) is 0 Å². The molecular formula is C21H24O. The summed E-state index contributed by atoms with van der Waals surface area (Å²) in [6.45, 7) is 10.7. The maximum absolute atomic E-state index is 10.5. The van der Waals surface area contributed by atoms with E-state index in [9.17, 15) is 4.79 Å². The van der Waals surface area contributed by atoms with Crippen molar-refractivity contribution < 1.29 is 4.79 Å². The molecule has 2 aliphatic carbocycles. The second-order valence-electron chi connectivity index (χ2n) is 6.27. The molecule has 0 bridgehead atoms. The number of rotatable bonds is 4. The Balaban J connectivity index is 2.58. The summed E-state index contributed by atoms with van der Waals surface area (Å²) in [5.41, 5.74) is 8.75. The van der Waals surface area contributed by atoms with Crippen molar-refractivity contribution >= 4 is 12.4 Å². The van der Waals surface area contributed by atoms with Crippen LogP contribution in [-0.2, 0) is 4.79 Å². The lowest BCUT2D eigenvalue weighted by atomic mass is 10.0. The number of allylic oxidation sites excluding steroid dienone is 3. The molecule has 0 N–H and O–H groups in total. The first kappa shape index (κ1) is 16.2. The smallest absolute Gasteiger partial charge is 0.143 e. The van der Waals surface area contributed by atoms with Crippen molar-refractivity contribution in [1.82, 2.24) is 0 Å². The molecule has 0 radical (unpaired) electrons. The molecule has 0 spiro atoms. The SMILES string of the molecule is CC(C=Cc1cc(C)c2cc(C(C)C)ccc(C)c1-2)=CC=O. The first-order valence-electron chi connectivity index (χ1n) is 7.78. The van der Waals surface area contributed by atoms with Crippen molar-refractivity contribution in [3.63, 3.8) is 0 Å². The van der Waals surface area contributed by atoms with E-state index < -0.39 is 0 Å². The van der Waals surface area contributed by atoms with Crippen LogP contribution in [0.4, 0.5) is 0 Å². The van der Waals surface area contributed by atoms with E-state index in [2.05, 4.69) is 58.0 Å². The lowest BCUT2D eigenvalue weighted by Crippen LogP contribution is -1.84. The maximum Gasteiger partial charge on any atom is 0.143 e. The summed E-state index contributed by atoms with van der Waals surface area (Å²) in [7, 11) is 0. The number of aldehydes is 1. The number of carbonyl (C=O) groups excluding carboxylic acids is 1. The van der Waals surface area contributed by atoms with Crippen LogP contribution in [-0.4, -0.2) is 6.29 Å². The van der Waals surface area contributed by atoms with Gasteiger partial charge in [-0.3, -0.25) is 4.79 Å². The highest BCUT2D eigenvalue weighted by Crippen LogP contribution is 2.36. The predicted octanol–water partition coefficient (Wildman–Crippen LogP) is 5.69. The topological polar surface area (TPSA) is 17.1 Å². The van der Waals surface area contributed by atoms with Gasteiger partial charge in [-0.15, -0.1) is 0 Å². The summed E-state index contributed by atoms with van der Waals surface area (Å²) < 4.78 is 0. The zero-order valence-electron chi connectivity index (χ0n) is 14.1. The van der Waals surface area contributed by atoms with E-state index in [1.54, 1.807) is 6.08 Å². The molecule has 22 heavy (non-hydrogen) atoms. The van der Waals surface area contributed by atoms with Crippen LogP contribution in [0.1, 0.15) is 48.9 Å². The van der Waals surface area contributed by atoms with Crippen molar-refractivity contribution in [2.24, 2.45) is 0 Å². The van der Waals surface area contributed by atoms with Gasteiger partial charge in [-0.05, 0) is 71.7 Å². The van der Waals surface area contributed by atoms with Gasteiger partial charge in [0.1, 0.15) is 6.29 Å². The third-order valence-corrected chi connectivity index (χ3v) is 4.11. The summed E-state index contributed by atoms with van der Waals surface area (Å²) in [6, 6.07) is 8.98. The average Bonchev–Trinajstić information content (AvgIpc) is 2.64. The van der Waals surface area contributed by atoms with Gasteiger partial charge in [0, 0.05) is 0 Å². The fourth-order valence-corrected chi connectivity index (χ4v) is 2.76. The maximum atomic E-state index is 10.5. The minimum absolute atomic E-state index is 0.515. The predicted molar refractivity (Wildman–Crippen MR) is 95.5 cm³/mol. The average molecular weight is 292 g/mol. The third kappa shape index (κ3) is 3.36. The highest BCUT2D eigenvalue weighted by atomic mass is 16.1. The van der Waals surface area contributed by atoms with Gasteiger partial charge in [0.05, 0.1) is 0 Å². The van der Waals surface area contributed by atoms with Crippen molar-refractivity contribution in [2.75, 3.05) is 0 Å². The van der Waals surface area contributed by atoms with Crippen LogP contribution in [0, 0.1) is 13.8 Å². The van der Waals surface area contributed by atoms with E-state index >= 15 is 0 Å². The highest BCUT2D eigenvalue weighted by Gasteiger charge is 2.14. The molecule has 0 aliphatic heterocycles. The van der Waals surface area contributed by atoms with E-state index in [4.69, 9.17) is 0 Å². The van der Waals surface area contributed by atoms with Gasteiger partial charge >= 0.3 is 0 Å². The third-order valence-electron chi connectivity index (χ3n) is 4.11. The summed E-state index contributed by atoms with van der Waals surface area (Å²) in [6.07, 6.45) is 6.51. The standard InChI is InChI=1S/C21H24O/c1-14(2)18-9-7-16(4)21-19(8-6-15(3)10-11-22)12-17(5)20(21)13-18/h6-14H,1-5H3. The molecular weight excluding hydrogens is 268 g/mol. The van der Waals surface area contributed by atoms with Crippen LogP contribution in [0.3, 0.4) is 0 Å². The Bertz CT molecular complexity index is 717. The molecule has 0 aromatic heterocycles. The second-order valence-corrected chi connectivity index (χ2v) is 6.27. The number of carbonyl (C=O) groups is 1. The zero-order valence-corrected chi connectivity index (χ0v) is 14.1. The Hall–Kier alpha value is -2.15. The molecule has 1 heteroatoms. The summed E-state index contributed by atoms with van der Waals surface area (Å²) in [5, 5.41) is 0. The molecule has 1 nitrogen and oxygen atoms in total. The van der Waals surface area contributed by atoms with Gasteiger partial charge in [-0.25, -0.2) is 0 Å². The van der Waals surface area contributed by atoms with Crippen LogP contribution in [0.2, 0.25) is 0 Å². The second kappa shape index (κ2) is 6.74. The lowest BCUT2D eigenvalue weighted by Gasteiger charge is -2.04. The molecule has 0 saturated carbocycles. The van der Waals surface area contributed by atoms with Crippen molar-refractivity contribution in [1.29, 1.82) is 0 Å². The van der Waals surface area contributed by atoms with Crippen molar-refractivity contribution in [3.05, 3.63) is 64.2 Å². The highest BCUT2D eigenvalue weighted by molar-refractivity contribution is 5.84. The molecule has 2 aliphatic rings. The molecule has 0 heterocycles. The molecule has 0 fully saturated rings. The van der Waals surface area contributed by atoms with Crippen LogP contribution >= 0.6 is 0 Å². The van der Waals surface area contributed by atoms with Gasteiger partial charge in [0.15, 0.2) is 0 Å². The fourth-order valence-electron chi connectivity index (χ4n) is 2.76. The number of fused-ring (bicyclic) bond motifs is 1. The Morgan fingerprint density at radius 1 is 1.09 bits per heavy atom. The Morgan fingerprint density at radius 2 is 1.82 bits per heavy atom. The minimum Gasteiger partial charge on any atom is -0.299 e. The first-order valence-corrected chi connectivity index (χ1v) is 7.78. The molecule has 114 valence electrons. The van der Waals surface area contributed by atoms with Crippen molar-refractivity contribution in [3.8, 4) is 11.1 Å². The summed E-state index contributed by atoms with van der Waals surface area (Å²) in [5.74, 6) is 0.515. The van der Waals surface area contributed by atoms with Crippen LogP contribution < -0.4 is 0 Å². The van der Waals surface area contributed by atoms with E-state index in [-0.39, 0.29) is 0 Å². The van der Waals surface area contributed by atoms with E-state index in [0.29, 0.717) is 5.92 Å². The van der Waals surface area contributed by atoms with Crippen LogP contribution in [0.25, 0.3) is 17.2 Å². The monoisotopic (exact) mass is 292 g/mol. The molecule has 0 aromatic rings. The van der Waals surface area contributed by atoms with E-state index in [0.717, 1.165) is 11.9 Å². The van der Waals surface area contributed by atoms with Gasteiger partial charge < -0.3 is 0 Å².